The maximum Gasteiger partial charge on any atom is 0 e. The third-order valence-corrected chi connectivity index (χ3v) is 40.5. The standard InChI is InChI=1S/2C10H27Si3.Y/c2*1-11(2,3)10(12(4,5)6)13(7,8)9;/h2*1-9H3;/q2*-1;. The van der Waals surface area contributed by atoms with Crippen LogP contribution in [0, 0.1) is 9.58 Å². The summed E-state index contributed by atoms with van der Waals surface area (Å²) in [6, 6.07) is 0. The Bertz CT molecular complexity index is 314. The van der Waals surface area contributed by atoms with E-state index < -0.39 is 48.4 Å². The summed E-state index contributed by atoms with van der Waals surface area (Å²) in [7, 11) is -6.10. The number of hydrogen-bond donors (Lipinski definition) is 0. The Balaban J connectivity index is -0.000000411. The quantitative estimate of drug-likeness (QED) is 0.230. The van der Waals surface area contributed by atoms with Crippen LogP contribution >= 0.6 is 0 Å². The first kappa shape index (κ1) is 34.0. The van der Waals surface area contributed by atoms with Crippen molar-refractivity contribution in [3.8, 4) is 0 Å². The van der Waals surface area contributed by atoms with E-state index in [4.69, 9.17) is 0 Å². The van der Waals surface area contributed by atoms with Gasteiger partial charge in [-0.3, -0.25) is 0 Å². The van der Waals surface area contributed by atoms with Crippen molar-refractivity contribution in [3.63, 3.8) is 0 Å². The van der Waals surface area contributed by atoms with E-state index in [1.165, 1.54) is 0 Å². The average Bonchev–Trinajstić information content (AvgIpc) is 1.97. The third-order valence-electron chi connectivity index (χ3n) is 4.50. The number of rotatable bonds is 6. The first-order valence-electron chi connectivity index (χ1n) is 10.5. The smallest absolute Gasteiger partial charge is 0 e. The van der Waals surface area contributed by atoms with E-state index >= 15 is 0 Å². The normalized spacial score (nSPS) is 14.7. The van der Waals surface area contributed by atoms with Crippen molar-refractivity contribution in [2.75, 3.05) is 0 Å². The molecule has 0 spiro atoms. The Morgan fingerprint density at radius 2 is 0.333 bits per heavy atom. The minimum atomic E-state index is -1.02. The minimum Gasteiger partial charge on any atom is -0.311 e. The van der Waals surface area contributed by atoms with Gasteiger partial charge in [0, 0.05) is 32.7 Å². The average molecular weight is 552 g/mol. The number of hydrogen-bond acceptors (Lipinski definition) is 0. The van der Waals surface area contributed by atoms with Crippen molar-refractivity contribution < 1.29 is 32.7 Å². The molecule has 0 rings (SSSR count). The summed E-state index contributed by atoms with van der Waals surface area (Å²) in [6.45, 7) is 45.5. The molecule has 0 unspecified atom stereocenters. The van der Waals surface area contributed by atoms with E-state index in [9.17, 15) is 0 Å². The molecule has 163 valence electrons. The molecule has 1 radical (unpaired) electrons. The fourth-order valence-electron chi connectivity index (χ4n) is 6.75. The van der Waals surface area contributed by atoms with Crippen LogP contribution in [0.15, 0.2) is 0 Å². The van der Waals surface area contributed by atoms with Crippen LogP contribution in [-0.4, -0.2) is 48.4 Å². The molecule has 0 aliphatic rings. The summed E-state index contributed by atoms with van der Waals surface area (Å²) in [5.74, 6) is 0. The summed E-state index contributed by atoms with van der Waals surface area (Å²) in [6.07, 6.45) is 0. The second kappa shape index (κ2) is 10.8. The molecule has 0 amide bonds. The molecule has 0 fully saturated rings. The molecule has 7 heteroatoms. The molecule has 0 aromatic carbocycles. The fourth-order valence-corrected chi connectivity index (χ4v) is 60.8. The van der Waals surface area contributed by atoms with Crippen molar-refractivity contribution in [1.82, 2.24) is 0 Å². The van der Waals surface area contributed by atoms with Crippen molar-refractivity contribution in [1.29, 1.82) is 0 Å². The molecule has 0 aliphatic carbocycles. The van der Waals surface area contributed by atoms with Gasteiger partial charge in [0.2, 0.25) is 0 Å². The Morgan fingerprint density at radius 1 is 0.259 bits per heavy atom. The molecule has 0 atom stereocenters. The van der Waals surface area contributed by atoms with Gasteiger partial charge >= 0.3 is 0 Å². The molecule has 0 saturated carbocycles. The molecule has 0 bridgehead atoms. The second-order valence-electron chi connectivity index (χ2n) is 14.2. The Hall–Kier alpha value is 2.41. The van der Waals surface area contributed by atoms with Crippen molar-refractivity contribution >= 4 is 48.4 Å². The Kier molecular flexibility index (Phi) is 13.6. The van der Waals surface area contributed by atoms with Crippen LogP contribution in [0.4, 0.5) is 0 Å². The van der Waals surface area contributed by atoms with Gasteiger partial charge in [-0.05, 0) is 0 Å². The predicted octanol–water partition coefficient (Wildman–Crippen LogP) is 8.38. The summed E-state index contributed by atoms with van der Waals surface area (Å²) < 4.78 is 0. The summed E-state index contributed by atoms with van der Waals surface area (Å²) in [5, 5.41) is 0. The minimum absolute atomic E-state index is 0. The Morgan fingerprint density at radius 3 is 0.333 bits per heavy atom. The third kappa shape index (κ3) is 13.4. The zero-order valence-electron chi connectivity index (χ0n) is 22.6. The zero-order chi connectivity index (χ0) is 22.2. The van der Waals surface area contributed by atoms with Crippen LogP contribution in [0.5, 0.6) is 0 Å². The van der Waals surface area contributed by atoms with E-state index in [1.54, 1.807) is 0 Å². The van der Waals surface area contributed by atoms with E-state index in [-0.39, 0.29) is 32.7 Å². The van der Waals surface area contributed by atoms with Gasteiger partial charge in [-0.2, -0.15) is 0 Å². The SMILES string of the molecule is C[Si](C)(C)[C-]([Si](C)(C)C)[Si](C)(C)C.C[Si](C)(C)[C-]([Si](C)(C)C)[Si](C)(C)C.[Y]. The Labute approximate surface area is 206 Å². The molecule has 0 aliphatic heterocycles. The van der Waals surface area contributed by atoms with Crippen LogP contribution in [0.3, 0.4) is 0 Å². The second-order valence-corrected chi connectivity index (χ2v) is 47.2. The molecule has 0 heterocycles. The summed E-state index contributed by atoms with van der Waals surface area (Å²) in [4.78, 5) is 4.12. The van der Waals surface area contributed by atoms with Gasteiger partial charge in [-0.25, -0.2) is 0 Å². The summed E-state index contributed by atoms with van der Waals surface area (Å²) in [5.41, 5.74) is 0. The zero-order valence-corrected chi connectivity index (χ0v) is 31.4. The largest absolute Gasteiger partial charge is 0.311 e. The van der Waals surface area contributed by atoms with E-state index in [1.807, 2.05) is 0 Å². The molecule has 27 heavy (non-hydrogen) atoms. The molecule has 0 saturated heterocycles. The van der Waals surface area contributed by atoms with Crippen molar-refractivity contribution in [2.24, 2.45) is 0 Å². The van der Waals surface area contributed by atoms with Gasteiger partial charge in [0.25, 0.3) is 0 Å². The van der Waals surface area contributed by atoms with Gasteiger partial charge in [0.05, 0.1) is 0 Å². The van der Waals surface area contributed by atoms with Gasteiger partial charge < -0.3 is 9.58 Å². The van der Waals surface area contributed by atoms with Crippen molar-refractivity contribution in [3.05, 3.63) is 9.58 Å². The van der Waals surface area contributed by atoms with Crippen LogP contribution < -0.4 is 0 Å². The maximum atomic E-state index is 2.53. The first-order chi connectivity index (χ1) is 10.7. The molecule has 0 nitrogen and oxygen atoms in total. The van der Waals surface area contributed by atoms with Crippen LogP contribution in [0.1, 0.15) is 0 Å². The van der Waals surface area contributed by atoms with Gasteiger partial charge in [0.15, 0.2) is 0 Å². The molecule has 0 aromatic heterocycles. The maximum absolute atomic E-state index is 2.53. The van der Waals surface area contributed by atoms with Crippen molar-refractivity contribution in [2.45, 2.75) is 118 Å². The first-order valence-corrected chi connectivity index (χ1v) is 31.5. The fraction of sp³-hybridized carbons (Fsp3) is 0.900. The van der Waals surface area contributed by atoms with Crippen LogP contribution in [0.2, 0.25) is 118 Å². The van der Waals surface area contributed by atoms with Gasteiger partial charge in [-0.1, -0.05) is 118 Å². The molecular formula is C20H54Si6Y-2. The summed E-state index contributed by atoms with van der Waals surface area (Å²) >= 11 is 0. The van der Waals surface area contributed by atoms with Gasteiger partial charge in [0.1, 0.15) is 0 Å². The van der Waals surface area contributed by atoms with E-state index in [0.29, 0.717) is 0 Å². The van der Waals surface area contributed by atoms with E-state index in [0.717, 1.165) is 0 Å². The molecule has 0 N–H and O–H groups in total. The molecular weight excluding hydrogens is 498 g/mol. The topological polar surface area (TPSA) is 0 Å². The van der Waals surface area contributed by atoms with Crippen LogP contribution in [0.25, 0.3) is 0 Å². The van der Waals surface area contributed by atoms with Crippen LogP contribution in [-0.2, 0) is 32.7 Å². The van der Waals surface area contributed by atoms with Gasteiger partial charge in [-0.15, -0.1) is 48.4 Å². The predicted molar refractivity (Wildman–Crippen MR) is 147 cm³/mol. The van der Waals surface area contributed by atoms with E-state index in [2.05, 4.69) is 127 Å². The monoisotopic (exact) mass is 551 g/mol. The molecule has 0 aromatic rings.